The normalized spacial score (nSPS) is 18.6. The molecular formula is C24H41IN6O2. The molecule has 0 bridgehead atoms. The molecule has 0 aromatic heterocycles. The Morgan fingerprint density at radius 1 is 1.03 bits per heavy atom. The number of halogens is 1. The Bertz CT molecular complexity index is 719. The van der Waals surface area contributed by atoms with Crippen LogP contribution >= 0.6 is 24.0 Å². The molecule has 0 spiro atoms. The first-order chi connectivity index (χ1) is 15.6. The molecule has 1 unspecified atom stereocenters. The third-order valence-electron chi connectivity index (χ3n) is 6.37. The van der Waals surface area contributed by atoms with E-state index in [2.05, 4.69) is 63.5 Å². The molecule has 1 amide bonds. The first-order valence-electron chi connectivity index (χ1n) is 11.9. The summed E-state index contributed by atoms with van der Waals surface area (Å²) in [4.78, 5) is 23.8. The van der Waals surface area contributed by atoms with E-state index in [9.17, 15) is 4.79 Å². The minimum Gasteiger partial charge on any atom is -0.379 e. The van der Waals surface area contributed by atoms with Gasteiger partial charge in [0.15, 0.2) is 5.96 Å². The van der Waals surface area contributed by atoms with E-state index in [1.165, 1.54) is 5.69 Å². The molecule has 1 aromatic carbocycles. The number of hydrogen-bond acceptors (Lipinski definition) is 5. The second-order valence-electron chi connectivity index (χ2n) is 8.79. The van der Waals surface area contributed by atoms with Gasteiger partial charge in [-0.05, 0) is 18.1 Å². The van der Waals surface area contributed by atoms with E-state index >= 15 is 0 Å². The molecule has 2 N–H and O–H groups in total. The smallest absolute Gasteiger partial charge is 0.224 e. The zero-order chi connectivity index (χ0) is 22.8. The van der Waals surface area contributed by atoms with Crippen LogP contribution in [0.1, 0.15) is 20.3 Å². The SMILES string of the molecule is CN=C(NCCC(=O)N1CCN(c2ccccc2)CC1)NCC(C(C)C)N1CCOCC1.I. The minimum absolute atomic E-state index is 0. The number of aliphatic imine (C=N–C) groups is 1. The van der Waals surface area contributed by atoms with Gasteiger partial charge in [0, 0.05) is 77.6 Å². The highest BCUT2D eigenvalue weighted by Gasteiger charge is 2.24. The summed E-state index contributed by atoms with van der Waals surface area (Å²) in [6.07, 6.45) is 0.475. The summed E-state index contributed by atoms with van der Waals surface area (Å²) in [6, 6.07) is 10.8. The summed E-state index contributed by atoms with van der Waals surface area (Å²) in [5, 5.41) is 6.76. The maximum atomic E-state index is 12.7. The van der Waals surface area contributed by atoms with E-state index in [1.807, 2.05) is 11.0 Å². The number of amides is 1. The molecule has 2 fully saturated rings. The summed E-state index contributed by atoms with van der Waals surface area (Å²) in [5.41, 5.74) is 1.23. The number of carbonyl (C=O) groups is 1. The van der Waals surface area contributed by atoms with E-state index in [4.69, 9.17) is 4.74 Å². The van der Waals surface area contributed by atoms with Crippen LogP contribution in [0.2, 0.25) is 0 Å². The molecule has 1 aromatic rings. The van der Waals surface area contributed by atoms with E-state index < -0.39 is 0 Å². The summed E-state index contributed by atoms with van der Waals surface area (Å²) in [7, 11) is 1.78. The number of rotatable bonds is 8. The van der Waals surface area contributed by atoms with Crippen LogP contribution in [0.25, 0.3) is 0 Å². The van der Waals surface area contributed by atoms with Crippen LogP contribution < -0.4 is 15.5 Å². The predicted octanol–water partition coefficient (Wildman–Crippen LogP) is 1.87. The maximum absolute atomic E-state index is 12.7. The summed E-state index contributed by atoms with van der Waals surface area (Å²) in [5.74, 6) is 1.49. The van der Waals surface area contributed by atoms with Crippen LogP contribution in [-0.2, 0) is 9.53 Å². The molecular weight excluding hydrogens is 531 g/mol. The highest BCUT2D eigenvalue weighted by atomic mass is 127. The molecule has 8 nitrogen and oxygen atoms in total. The van der Waals surface area contributed by atoms with Crippen molar-refractivity contribution < 1.29 is 9.53 Å². The fraction of sp³-hybridized carbons (Fsp3) is 0.667. The number of benzene rings is 1. The highest BCUT2D eigenvalue weighted by Crippen LogP contribution is 2.16. The quantitative estimate of drug-likeness (QED) is 0.282. The van der Waals surface area contributed by atoms with Gasteiger partial charge in [0.1, 0.15) is 0 Å². The van der Waals surface area contributed by atoms with Gasteiger partial charge in [0.25, 0.3) is 0 Å². The number of piperazine rings is 1. The molecule has 186 valence electrons. The van der Waals surface area contributed by atoms with Crippen molar-refractivity contribution in [2.24, 2.45) is 10.9 Å². The summed E-state index contributed by atoms with van der Waals surface area (Å²) >= 11 is 0. The predicted molar refractivity (Wildman–Crippen MR) is 146 cm³/mol. The first-order valence-corrected chi connectivity index (χ1v) is 11.9. The van der Waals surface area contributed by atoms with Gasteiger partial charge < -0.3 is 25.2 Å². The number of anilines is 1. The average molecular weight is 573 g/mol. The van der Waals surface area contributed by atoms with E-state index in [0.717, 1.165) is 65.0 Å². The van der Waals surface area contributed by atoms with Crippen molar-refractivity contribution in [2.45, 2.75) is 26.3 Å². The van der Waals surface area contributed by atoms with Crippen LogP contribution in [0.3, 0.4) is 0 Å². The number of morpholine rings is 1. The fourth-order valence-corrected chi connectivity index (χ4v) is 4.42. The van der Waals surface area contributed by atoms with Gasteiger partial charge in [-0.25, -0.2) is 0 Å². The van der Waals surface area contributed by atoms with Crippen LogP contribution in [0.15, 0.2) is 35.3 Å². The standard InChI is InChI=1S/C24H40N6O2.HI/c1-20(2)22(29-15-17-32-18-16-29)19-27-24(25-3)26-10-9-23(31)30-13-11-28(12-14-30)21-7-5-4-6-8-21;/h4-8,20,22H,9-19H2,1-3H3,(H2,25,26,27);1H. The monoisotopic (exact) mass is 572 g/mol. The van der Waals surface area contributed by atoms with Gasteiger partial charge >= 0.3 is 0 Å². The lowest BCUT2D eigenvalue weighted by atomic mass is 10.0. The van der Waals surface area contributed by atoms with Crippen molar-refractivity contribution in [3.8, 4) is 0 Å². The second kappa shape index (κ2) is 14.6. The minimum atomic E-state index is 0. The largest absolute Gasteiger partial charge is 0.379 e. The van der Waals surface area contributed by atoms with E-state index in [-0.39, 0.29) is 29.9 Å². The molecule has 0 aliphatic carbocycles. The molecule has 9 heteroatoms. The number of ether oxygens (including phenoxy) is 1. The van der Waals surface area contributed by atoms with Gasteiger partial charge in [-0.2, -0.15) is 0 Å². The van der Waals surface area contributed by atoms with Crippen molar-refractivity contribution in [2.75, 3.05) is 77.5 Å². The lowest BCUT2D eigenvalue weighted by molar-refractivity contribution is -0.131. The van der Waals surface area contributed by atoms with Crippen LogP contribution in [0.5, 0.6) is 0 Å². The average Bonchev–Trinajstić information content (AvgIpc) is 2.84. The molecule has 0 saturated carbocycles. The Hall–Kier alpha value is -1.59. The molecule has 2 heterocycles. The molecule has 3 rings (SSSR count). The van der Waals surface area contributed by atoms with Crippen molar-refractivity contribution in [1.29, 1.82) is 0 Å². The molecule has 2 aliphatic heterocycles. The van der Waals surface area contributed by atoms with Crippen molar-refractivity contribution in [3.05, 3.63) is 30.3 Å². The van der Waals surface area contributed by atoms with Crippen LogP contribution in [0.4, 0.5) is 5.69 Å². The van der Waals surface area contributed by atoms with Gasteiger partial charge in [0.05, 0.1) is 13.2 Å². The number of carbonyl (C=O) groups excluding carboxylic acids is 1. The molecule has 0 radical (unpaired) electrons. The van der Waals surface area contributed by atoms with Crippen molar-refractivity contribution in [3.63, 3.8) is 0 Å². The van der Waals surface area contributed by atoms with Gasteiger partial charge in [0.2, 0.25) is 5.91 Å². The van der Waals surface area contributed by atoms with E-state index in [1.54, 1.807) is 7.05 Å². The van der Waals surface area contributed by atoms with Crippen LogP contribution in [-0.4, -0.2) is 100 Å². The first kappa shape index (κ1) is 27.7. The number of nitrogens with one attached hydrogen (secondary N) is 2. The summed E-state index contributed by atoms with van der Waals surface area (Å²) < 4.78 is 5.49. The third kappa shape index (κ3) is 8.60. The zero-order valence-corrected chi connectivity index (χ0v) is 22.7. The number of para-hydroxylation sites is 1. The van der Waals surface area contributed by atoms with Crippen molar-refractivity contribution in [1.82, 2.24) is 20.4 Å². The number of nitrogens with zero attached hydrogens (tertiary/aromatic N) is 4. The lowest BCUT2D eigenvalue weighted by Gasteiger charge is -2.37. The number of guanidine groups is 1. The molecule has 2 saturated heterocycles. The van der Waals surface area contributed by atoms with Gasteiger partial charge in [-0.15, -0.1) is 24.0 Å². The molecule has 33 heavy (non-hydrogen) atoms. The Morgan fingerprint density at radius 2 is 1.70 bits per heavy atom. The van der Waals surface area contributed by atoms with Gasteiger partial charge in [-0.1, -0.05) is 32.0 Å². The summed E-state index contributed by atoms with van der Waals surface area (Å²) in [6.45, 7) is 12.8. The van der Waals surface area contributed by atoms with E-state index in [0.29, 0.717) is 24.9 Å². The number of hydrogen-bond donors (Lipinski definition) is 2. The molecule has 1 atom stereocenters. The second-order valence-corrected chi connectivity index (χ2v) is 8.79. The Kier molecular flexibility index (Phi) is 12.3. The maximum Gasteiger partial charge on any atom is 0.224 e. The Morgan fingerprint density at radius 3 is 2.30 bits per heavy atom. The van der Waals surface area contributed by atoms with Crippen molar-refractivity contribution >= 4 is 41.5 Å². The van der Waals surface area contributed by atoms with Crippen LogP contribution in [0, 0.1) is 5.92 Å². The Labute approximate surface area is 216 Å². The zero-order valence-electron chi connectivity index (χ0n) is 20.3. The van der Waals surface area contributed by atoms with Gasteiger partial charge in [-0.3, -0.25) is 14.7 Å². The Balaban J connectivity index is 0.00000385. The molecule has 2 aliphatic rings. The fourth-order valence-electron chi connectivity index (χ4n) is 4.42. The highest BCUT2D eigenvalue weighted by molar-refractivity contribution is 14.0. The topological polar surface area (TPSA) is 72.4 Å². The third-order valence-corrected chi connectivity index (χ3v) is 6.37. The lowest BCUT2D eigenvalue weighted by Crippen LogP contribution is -2.53.